The molecule has 0 aliphatic heterocycles. The highest BCUT2D eigenvalue weighted by Gasteiger charge is 2.29. The standard InChI is InChI=1S/C21H24FN5O/c1-21(2)5-4-16-17(9-21)26-27-20(16)14-7-18(22)25-19(8-14)24-11-13-6-15(28-3)12-23-10-13/h6-8,10,12H,4-5,9,11H2,1-3H3,(H,24,25)(H,26,27). The Kier molecular flexibility index (Phi) is 4.75. The molecule has 3 aromatic heterocycles. The van der Waals surface area contributed by atoms with Crippen molar-refractivity contribution < 1.29 is 9.13 Å². The Morgan fingerprint density at radius 3 is 2.93 bits per heavy atom. The van der Waals surface area contributed by atoms with E-state index in [0.29, 0.717) is 18.1 Å². The maximum atomic E-state index is 14.2. The number of aromatic amines is 1. The van der Waals surface area contributed by atoms with Gasteiger partial charge in [0.2, 0.25) is 5.95 Å². The predicted molar refractivity (Wildman–Crippen MR) is 106 cm³/mol. The van der Waals surface area contributed by atoms with Crippen LogP contribution in [0.5, 0.6) is 5.75 Å². The molecule has 0 saturated carbocycles. The van der Waals surface area contributed by atoms with Crippen LogP contribution < -0.4 is 10.1 Å². The summed E-state index contributed by atoms with van der Waals surface area (Å²) in [6, 6.07) is 5.16. The van der Waals surface area contributed by atoms with E-state index in [1.165, 1.54) is 11.6 Å². The van der Waals surface area contributed by atoms with Crippen LogP contribution in [0.2, 0.25) is 0 Å². The Hall–Kier alpha value is -2.96. The Morgan fingerprint density at radius 2 is 2.11 bits per heavy atom. The third-order valence-electron chi connectivity index (χ3n) is 5.21. The quantitative estimate of drug-likeness (QED) is 0.650. The summed E-state index contributed by atoms with van der Waals surface area (Å²) >= 11 is 0. The number of nitrogens with one attached hydrogen (secondary N) is 2. The number of rotatable bonds is 5. The molecule has 6 nitrogen and oxygen atoms in total. The van der Waals surface area contributed by atoms with E-state index in [9.17, 15) is 4.39 Å². The van der Waals surface area contributed by atoms with Crippen molar-refractivity contribution in [2.75, 3.05) is 12.4 Å². The van der Waals surface area contributed by atoms with E-state index in [1.54, 1.807) is 19.5 Å². The maximum Gasteiger partial charge on any atom is 0.215 e. The molecule has 0 unspecified atom stereocenters. The first-order valence-corrected chi connectivity index (χ1v) is 9.39. The Labute approximate surface area is 163 Å². The largest absolute Gasteiger partial charge is 0.495 e. The highest BCUT2D eigenvalue weighted by molar-refractivity contribution is 5.67. The molecule has 3 heterocycles. The van der Waals surface area contributed by atoms with Gasteiger partial charge in [0.05, 0.1) is 19.0 Å². The van der Waals surface area contributed by atoms with Gasteiger partial charge in [0.1, 0.15) is 11.6 Å². The maximum absolute atomic E-state index is 14.2. The zero-order valence-corrected chi connectivity index (χ0v) is 16.3. The average molecular weight is 381 g/mol. The lowest BCUT2D eigenvalue weighted by Crippen LogP contribution is -2.21. The number of H-pyrrole nitrogens is 1. The van der Waals surface area contributed by atoms with Gasteiger partial charge in [-0.15, -0.1) is 0 Å². The SMILES string of the molecule is COc1cncc(CNc2cc(-c3n[nH]c4c3CCC(C)(C)C4)cc(F)n2)c1. The number of anilines is 1. The van der Waals surface area contributed by atoms with Crippen molar-refractivity contribution in [1.82, 2.24) is 20.2 Å². The topological polar surface area (TPSA) is 75.7 Å². The molecule has 2 N–H and O–H groups in total. The van der Waals surface area contributed by atoms with E-state index in [1.807, 2.05) is 12.1 Å². The summed E-state index contributed by atoms with van der Waals surface area (Å²) in [4.78, 5) is 8.10. The van der Waals surface area contributed by atoms with Gasteiger partial charge in [0.25, 0.3) is 0 Å². The van der Waals surface area contributed by atoms with Crippen molar-refractivity contribution in [1.29, 1.82) is 0 Å². The molecule has 7 heteroatoms. The third-order valence-corrected chi connectivity index (χ3v) is 5.21. The Balaban J connectivity index is 1.57. The minimum absolute atomic E-state index is 0.262. The second kappa shape index (κ2) is 7.22. The highest BCUT2D eigenvalue weighted by atomic mass is 19.1. The minimum Gasteiger partial charge on any atom is -0.495 e. The summed E-state index contributed by atoms with van der Waals surface area (Å²) in [6.45, 7) is 4.99. The van der Waals surface area contributed by atoms with Gasteiger partial charge < -0.3 is 10.1 Å². The molecular weight excluding hydrogens is 357 g/mol. The van der Waals surface area contributed by atoms with Crippen molar-refractivity contribution in [2.45, 2.75) is 39.7 Å². The number of hydrogen-bond donors (Lipinski definition) is 2. The summed E-state index contributed by atoms with van der Waals surface area (Å²) in [5, 5.41) is 10.8. The number of ether oxygens (including phenoxy) is 1. The fraction of sp³-hybridized carbons (Fsp3) is 0.381. The van der Waals surface area contributed by atoms with Crippen molar-refractivity contribution in [3.05, 3.63) is 53.4 Å². The van der Waals surface area contributed by atoms with Crippen LogP contribution in [0, 0.1) is 11.4 Å². The number of methoxy groups -OCH3 is 1. The summed E-state index contributed by atoms with van der Waals surface area (Å²) in [5.41, 5.74) is 5.08. The van der Waals surface area contributed by atoms with Crippen LogP contribution in [-0.4, -0.2) is 27.3 Å². The van der Waals surface area contributed by atoms with Crippen molar-refractivity contribution in [3.8, 4) is 17.0 Å². The van der Waals surface area contributed by atoms with Gasteiger partial charge in [-0.2, -0.15) is 9.49 Å². The van der Waals surface area contributed by atoms with Crippen LogP contribution in [0.3, 0.4) is 0 Å². The number of pyridine rings is 2. The zero-order chi connectivity index (χ0) is 19.7. The van der Waals surface area contributed by atoms with Crippen molar-refractivity contribution in [2.24, 2.45) is 5.41 Å². The number of fused-ring (bicyclic) bond motifs is 1. The first-order valence-electron chi connectivity index (χ1n) is 9.39. The summed E-state index contributed by atoms with van der Waals surface area (Å²) in [5.74, 6) is 0.612. The lowest BCUT2D eigenvalue weighted by Gasteiger charge is -2.29. The van der Waals surface area contributed by atoms with E-state index in [4.69, 9.17) is 4.74 Å². The number of aromatic nitrogens is 4. The van der Waals surface area contributed by atoms with Crippen LogP contribution in [0.1, 0.15) is 37.1 Å². The van der Waals surface area contributed by atoms with Gasteiger partial charge in [-0.05, 0) is 42.4 Å². The van der Waals surface area contributed by atoms with Crippen molar-refractivity contribution in [3.63, 3.8) is 0 Å². The second-order valence-electron chi connectivity index (χ2n) is 8.02. The molecule has 146 valence electrons. The van der Waals surface area contributed by atoms with Gasteiger partial charge in [-0.1, -0.05) is 13.8 Å². The fourth-order valence-electron chi connectivity index (χ4n) is 3.67. The van der Waals surface area contributed by atoms with E-state index < -0.39 is 5.95 Å². The van der Waals surface area contributed by atoms with Crippen LogP contribution in [0.25, 0.3) is 11.3 Å². The average Bonchev–Trinajstić information content (AvgIpc) is 3.08. The molecule has 0 saturated heterocycles. The van der Waals surface area contributed by atoms with Gasteiger partial charge in [0.15, 0.2) is 0 Å². The van der Waals surface area contributed by atoms with Crippen LogP contribution >= 0.6 is 0 Å². The van der Waals surface area contributed by atoms with Crippen LogP contribution in [0.15, 0.2) is 30.6 Å². The molecular formula is C21H24FN5O. The molecule has 0 fully saturated rings. The summed E-state index contributed by atoms with van der Waals surface area (Å²) < 4.78 is 19.4. The smallest absolute Gasteiger partial charge is 0.215 e. The number of hydrogen-bond acceptors (Lipinski definition) is 5. The van der Waals surface area contributed by atoms with E-state index in [2.05, 4.69) is 39.3 Å². The highest BCUT2D eigenvalue weighted by Crippen LogP contribution is 2.38. The zero-order valence-electron chi connectivity index (χ0n) is 16.3. The van der Waals surface area contributed by atoms with E-state index in [0.717, 1.165) is 41.8 Å². The number of nitrogens with zero attached hydrogens (tertiary/aromatic N) is 3. The monoisotopic (exact) mass is 381 g/mol. The molecule has 0 radical (unpaired) electrons. The Bertz CT molecular complexity index is 998. The molecule has 0 aromatic carbocycles. The second-order valence-corrected chi connectivity index (χ2v) is 8.02. The van der Waals surface area contributed by atoms with Gasteiger partial charge in [0, 0.05) is 35.6 Å². The fourth-order valence-corrected chi connectivity index (χ4v) is 3.67. The lowest BCUT2D eigenvalue weighted by atomic mass is 9.76. The number of halogens is 1. The third kappa shape index (κ3) is 3.83. The molecule has 28 heavy (non-hydrogen) atoms. The van der Waals surface area contributed by atoms with E-state index >= 15 is 0 Å². The van der Waals surface area contributed by atoms with Crippen LogP contribution in [-0.2, 0) is 19.4 Å². The molecule has 1 aliphatic carbocycles. The molecule has 0 atom stereocenters. The van der Waals surface area contributed by atoms with Gasteiger partial charge in [-0.3, -0.25) is 10.1 Å². The minimum atomic E-state index is -0.531. The Morgan fingerprint density at radius 1 is 1.25 bits per heavy atom. The molecule has 0 amide bonds. The summed E-state index contributed by atoms with van der Waals surface area (Å²) in [7, 11) is 1.60. The normalized spacial score (nSPS) is 15.1. The van der Waals surface area contributed by atoms with Gasteiger partial charge >= 0.3 is 0 Å². The van der Waals surface area contributed by atoms with Crippen LogP contribution in [0.4, 0.5) is 10.2 Å². The lowest BCUT2D eigenvalue weighted by molar-refractivity contribution is 0.312. The molecule has 3 aromatic rings. The molecule has 0 bridgehead atoms. The van der Waals surface area contributed by atoms with E-state index in [-0.39, 0.29) is 5.41 Å². The molecule has 1 aliphatic rings. The molecule has 0 spiro atoms. The predicted octanol–water partition coefficient (Wildman–Crippen LogP) is 4.14. The first-order chi connectivity index (χ1) is 13.4. The summed E-state index contributed by atoms with van der Waals surface area (Å²) in [6.07, 6.45) is 6.37. The first kappa shape index (κ1) is 18.4. The molecule has 4 rings (SSSR count). The van der Waals surface area contributed by atoms with Gasteiger partial charge in [-0.25, -0.2) is 4.98 Å². The van der Waals surface area contributed by atoms with Crippen molar-refractivity contribution >= 4 is 5.82 Å².